The summed E-state index contributed by atoms with van der Waals surface area (Å²) in [7, 11) is 0. The summed E-state index contributed by atoms with van der Waals surface area (Å²) in [6.07, 6.45) is 10.2. The van der Waals surface area contributed by atoms with Gasteiger partial charge in [-0.05, 0) is 62.1 Å². The summed E-state index contributed by atoms with van der Waals surface area (Å²) < 4.78 is 27.8. The van der Waals surface area contributed by atoms with Gasteiger partial charge in [0.2, 0.25) is 0 Å². The number of halogens is 2. The van der Waals surface area contributed by atoms with E-state index in [0.717, 1.165) is 18.4 Å². The molecule has 134 valence electrons. The van der Waals surface area contributed by atoms with Gasteiger partial charge in [0.1, 0.15) is 0 Å². The van der Waals surface area contributed by atoms with Crippen LogP contribution in [0.5, 0.6) is 0 Å². The number of hydrogen-bond acceptors (Lipinski definition) is 0. The van der Waals surface area contributed by atoms with Crippen molar-refractivity contribution in [3.63, 3.8) is 0 Å². The molecular formula is C23H28F2. The number of allylic oxidation sites excluding steroid dienone is 2. The Hall–Kier alpha value is -1.96. The first-order valence-corrected chi connectivity index (χ1v) is 9.23. The maximum atomic E-state index is 14.1. The average molecular weight is 342 g/mol. The smallest absolute Gasteiger partial charge is 0.166 e. The fourth-order valence-electron chi connectivity index (χ4n) is 3.27. The lowest BCUT2D eigenvalue weighted by atomic mass is 9.94. The van der Waals surface area contributed by atoms with Crippen LogP contribution >= 0.6 is 0 Å². The van der Waals surface area contributed by atoms with Crippen molar-refractivity contribution in [3.8, 4) is 11.1 Å². The first-order valence-electron chi connectivity index (χ1n) is 9.23. The number of rotatable bonds is 8. The second-order valence-electron chi connectivity index (χ2n) is 6.72. The summed E-state index contributed by atoms with van der Waals surface area (Å²) in [5, 5.41) is 0. The molecule has 1 unspecified atom stereocenters. The van der Waals surface area contributed by atoms with Gasteiger partial charge >= 0.3 is 0 Å². The molecule has 0 aliphatic carbocycles. The molecular weight excluding hydrogens is 314 g/mol. The third kappa shape index (κ3) is 5.26. The zero-order valence-corrected chi connectivity index (χ0v) is 15.5. The van der Waals surface area contributed by atoms with Crippen molar-refractivity contribution in [1.29, 1.82) is 0 Å². The minimum atomic E-state index is -0.762. The fraction of sp³-hybridized carbons (Fsp3) is 0.391. The van der Waals surface area contributed by atoms with E-state index in [-0.39, 0.29) is 0 Å². The topological polar surface area (TPSA) is 0 Å². The summed E-state index contributed by atoms with van der Waals surface area (Å²) in [6.45, 7) is 5.88. The molecule has 0 aromatic heterocycles. The van der Waals surface area contributed by atoms with E-state index in [9.17, 15) is 8.78 Å². The van der Waals surface area contributed by atoms with Gasteiger partial charge < -0.3 is 0 Å². The predicted octanol–water partition coefficient (Wildman–Crippen LogP) is 7.26. The zero-order chi connectivity index (χ0) is 18.2. The molecule has 0 nitrogen and oxygen atoms in total. The normalized spacial score (nSPS) is 12.7. The first kappa shape index (κ1) is 19.4. The van der Waals surface area contributed by atoms with Crippen LogP contribution in [0.25, 0.3) is 11.1 Å². The SMILES string of the molecule is CC=CC(CCC)CCCc1ccc(-c2ccc(C)c(F)c2F)cc1. The van der Waals surface area contributed by atoms with Gasteiger partial charge in [0.05, 0.1) is 0 Å². The van der Waals surface area contributed by atoms with Crippen LogP contribution in [0.15, 0.2) is 48.6 Å². The van der Waals surface area contributed by atoms with Gasteiger partial charge in [0.15, 0.2) is 11.6 Å². The minimum absolute atomic E-state index is 0.325. The van der Waals surface area contributed by atoms with Gasteiger partial charge in [0.25, 0.3) is 0 Å². The number of benzene rings is 2. The van der Waals surface area contributed by atoms with Crippen molar-refractivity contribution < 1.29 is 8.78 Å². The Labute approximate surface area is 150 Å². The summed E-state index contributed by atoms with van der Waals surface area (Å²) in [5.41, 5.74) is 2.62. The molecule has 0 spiro atoms. The first-order chi connectivity index (χ1) is 12.1. The number of aryl methyl sites for hydroxylation is 2. The van der Waals surface area contributed by atoms with Crippen molar-refractivity contribution in [2.75, 3.05) is 0 Å². The van der Waals surface area contributed by atoms with E-state index in [0.29, 0.717) is 17.0 Å². The Morgan fingerprint density at radius 2 is 1.68 bits per heavy atom. The van der Waals surface area contributed by atoms with Crippen LogP contribution in [-0.2, 0) is 6.42 Å². The molecule has 0 radical (unpaired) electrons. The van der Waals surface area contributed by atoms with Crippen LogP contribution in [0, 0.1) is 24.5 Å². The van der Waals surface area contributed by atoms with Crippen molar-refractivity contribution >= 4 is 0 Å². The lowest BCUT2D eigenvalue weighted by Gasteiger charge is -2.11. The highest BCUT2D eigenvalue weighted by Crippen LogP contribution is 2.27. The molecule has 2 aromatic rings. The largest absolute Gasteiger partial charge is 0.203 e. The Bertz CT molecular complexity index is 699. The highest BCUT2D eigenvalue weighted by Gasteiger charge is 2.12. The Morgan fingerprint density at radius 1 is 0.960 bits per heavy atom. The highest BCUT2D eigenvalue weighted by molar-refractivity contribution is 5.65. The molecule has 0 saturated carbocycles. The Kier molecular flexibility index (Phi) is 7.36. The van der Waals surface area contributed by atoms with Crippen molar-refractivity contribution in [3.05, 3.63) is 71.3 Å². The van der Waals surface area contributed by atoms with Crippen molar-refractivity contribution in [2.45, 2.75) is 52.9 Å². The molecule has 0 amide bonds. The molecule has 25 heavy (non-hydrogen) atoms. The second-order valence-corrected chi connectivity index (χ2v) is 6.72. The second kappa shape index (κ2) is 9.50. The molecule has 0 bridgehead atoms. The van der Waals surface area contributed by atoms with Crippen LogP contribution in [0.2, 0.25) is 0 Å². The summed E-state index contributed by atoms with van der Waals surface area (Å²) in [6, 6.07) is 11.1. The number of hydrogen-bond donors (Lipinski definition) is 0. The Morgan fingerprint density at radius 3 is 2.32 bits per heavy atom. The van der Waals surface area contributed by atoms with Gasteiger partial charge in [-0.1, -0.05) is 61.9 Å². The van der Waals surface area contributed by atoms with E-state index in [4.69, 9.17) is 0 Å². The maximum absolute atomic E-state index is 14.1. The molecule has 2 heteroatoms. The van der Waals surface area contributed by atoms with Crippen LogP contribution in [0.1, 0.15) is 50.7 Å². The monoisotopic (exact) mass is 342 g/mol. The van der Waals surface area contributed by atoms with E-state index in [1.807, 2.05) is 24.3 Å². The van der Waals surface area contributed by atoms with Crippen molar-refractivity contribution in [1.82, 2.24) is 0 Å². The zero-order valence-electron chi connectivity index (χ0n) is 15.5. The third-order valence-electron chi connectivity index (χ3n) is 4.70. The summed E-state index contributed by atoms with van der Waals surface area (Å²) in [4.78, 5) is 0. The van der Waals surface area contributed by atoms with Gasteiger partial charge in [-0.25, -0.2) is 8.78 Å². The molecule has 0 N–H and O–H groups in total. The summed E-state index contributed by atoms with van der Waals surface area (Å²) >= 11 is 0. The third-order valence-corrected chi connectivity index (χ3v) is 4.70. The quantitative estimate of drug-likeness (QED) is 0.443. The van der Waals surface area contributed by atoms with Crippen LogP contribution in [0.4, 0.5) is 8.78 Å². The summed E-state index contributed by atoms with van der Waals surface area (Å²) in [5.74, 6) is -0.854. The molecule has 2 rings (SSSR count). The van der Waals surface area contributed by atoms with Crippen LogP contribution in [0.3, 0.4) is 0 Å². The van der Waals surface area contributed by atoms with Gasteiger partial charge in [0, 0.05) is 5.56 Å². The lowest BCUT2D eigenvalue weighted by molar-refractivity contribution is 0.505. The van der Waals surface area contributed by atoms with Crippen molar-refractivity contribution in [2.24, 2.45) is 5.92 Å². The fourth-order valence-corrected chi connectivity index (χ4v) is 3.27. The van der Waals surface area contributed by atoms with E-state index >= 15 is 0 Å². The standard InChI is InChI=1S/C23H28F2/c1-4-7-18(8-5-2)9-6-10-19-12-14-20(15-13-19)21-16-11-17(3)22(24)23(21)25/h4,7,11-16,18H,5-6,8-10H2,1-3H3. The van der Waals surface area contributed by atoms with Crippen LogP contribution < -0.4 is 0 Å². The Balaban J connectivity index is 1.99. The average Bonchev–Trinajstić information content (AvgIpc) is 2.61. The van der Waals surface area contributed by atoms with Gasteiger partial charge in [-0.15, -0.1) is 0 Å². The molecule has 0 fully saturated rings. The molecule has 0 aliphatic heterocycles. The molecule has 0 heterocycles. The molecule has 0 aliphatic rings. The highest BCUT2D eigenvalue weighted by atomic mass is 19.2. The minimum Gasteiger partial charge on any atom is -0.203 e. The molecule has 1 atom stereocenters. The molecule has 2 aromatic carbocycles. The van der Waals surface area contributed by atoms with E-state index in [1.165, 1.54) is 24.8 Å². The van der Waals surface area contributed by atoms with E-state index in [1.54, 1.807) is 19.1 Å². The van der Waals surface area contributed by atoms with Crippen LogP contribution in [-0.4, -0.2) is 0 Å². The molecule has 0 saturated heterocycles. The lowest BCUT2D eigenvalue weighted by Crippen LogP contribution is -1.98. The predicted molar refractivity (Wildman–Crippen MR) is 103 cm³/mol. The van der Waals surface area contributed by atoms with Gasteiger partial charge in [-0.2, -0.15) is 0 Å². The van der Waals surface area contributed by atoms with E-state index < -0.39 is 11.6 Å². The van der Waals surface area contributed by atoms with E-state index in [2.05, 4.69) is 26.0 Å². The maximum Gasteiger partial charge on any atom is 0.166 e. The van der Waals surface area contributed by atoms with Gasteiger partial charge in [-0.3, -0.25) is 0 Å².